The van der Waals surface area contributed by atoms with Crippen LogP contribution in [0.3, 0.4) is 0 Å². The van der Waals surface area contributed by atoms with Gasteiger partial charge in [-0.1, -0.05) is 26.8 Å². The predicted octanol–water partition coefficient (Wildman–Crippen LogP) is 4.88. The minimum Gasteiger partial charge on any atom is -0.493 e. The lowest BCUT2D eigenvalue weighted by molar-refractivity contribution is -0.0512. The van der Waals surface area contributed by atoms with Gasteiger partial charge in [0.2, 0.25) is 0 Å². The zero-order valence-corrected chi connectivity index (χ0v) is 15.3. The first-order chi connectivity index (χ1) is 11.7. The number of nitrogens with one attached hydrogen (secondary N) is 1. The molecule has 1 aromatic carbocycles. The van der Waals surface area contributed by atoms with Crippen molar-refractivity contribution in [1.82, 2.24) is 5.32 Å². The number of hydrogen-bond donors (Lipinski definition) is 1. The Morgan fingerprint density at radius 2 is 1.92 bits per heavy atom. The summed E-state index contributed by atoms with van der Waals surface area (Å²) in [5.74, 6) is -0.341. The van der Waals surface area contributed by atoms with E-state index in [2.05, 4.69) is 10.1 Å². The smallest absolute Gasteiger partial charge is 0.387 e. The maximum absolute atomic E-state index is 12.6. The maximum Gasteiger partial charge on any atom is 0.387 e. The Bertz CT molecular complexity index is 712. The highest BCUT2D eigenvalue weighted by molar-refractivity contribution is 7.10. The molecule has 0 spiro atoms. The first-order valence-electron chi connectivity index (χ1n) is 7.69. The highest BCUT2D eigenvalue weighted by Gasteiger charge is 2.29. The molecule has 7 heteroatoms. The summed E-state index contributed by atoms with van der Waals surface area (Å²) in [6, 6.07) is 7.86. The molecule has 136 valence electrons. The number of halogens is 2. The Kier molecular flexibility index (Phi) is 6.00. The van der Waals surface area contributed by atoms with Crippen LogP contribution in [0, 0.1) is 5.41 Å². The van der Waals surface area contributed by atoms with E-state index in [1.54, 1.807) is 11.3 Å². The Labute approximate surface area is 149 Å². The van der Waals surface area contributed by atoms with Crippen molar-refractivity contribution in [3.63, 3.8) is 0 Å². The molecule has 0 radical (unpaired) electrons. The molecule has 1 atom stereocenters. The molecule has 4 nitrogen and oxygen atoms in total. The van der Waals surface area contributed by atoms with Gasteiger partial charge >= 0.3 is 6.61 Å². The molecule has 1 amide bonds. The van der Waals surface area contributed by atoms with Gasteiger partial charge in [-0.05, 0) is 35.1 Å². The van der Waals surface area contributed by atoms with Crippen molar-refractivity contribution in [3.05, 3.63) is 46.2 Å². The van der Waals surface area contributed by atoms with Gasteiger partial charge in [0.15, 0.2) is 11.5 Å². The summed E-state index contributed by atoms with van der Waals surface area (Å²) in [6.45, 7) is 3.16. The van der Waals surface area contributed by atoms with Crippen LogP contribution in [0.1, 0.15) is 42.0 Å². The fourth-order valence-electron chi connectivity index (χ4n) is 2.39. The Hall–Kier alpha value is -2.15. The minimum absolute atomic E-state index is 0.0800. The Morgan fingerprint density at radius 1 is 1.20 bits per heavy atom. The number of thiophene rings is 1. The van der Waals surface area contributed by atoms with Gasteiger partial charge in [0.25, 0.3) is 5.91 Å². The van der Waals surface area contributed by atoms with Crippen LogP contribution < -0.4 is 14.8 Å². The molecule has 0 aliphatic heterocycles. The number of methoxy groups -OCH3 is 1. The topological polar surface area (TPSA) is 47.6 Å². The second-order valence-electron chi connectivity index (χ2n) is 6.53. The molecule has 25 heavy (non-hydrogen) atoms. The number of ether oxygens (including phenoxy) is 2. The van der Waals surface area contributed by atoms with Gasteiger partial charge in [0, 0.05) is 10.4 Å². The quantitative estimate of drug-likeness (QED) is 0.790. The average molecular weight is 369 g/mol. The molecule has 1 unspecified atom stereocenters. The number of amides is 1. The third-order valence-corrected chi connectivity index (χ3v) is 4.55. The number of carbonyl (C=O) groups excluding carboxylic acids is 1. The summed E-state index contributed by atoms with van der Waals surface area (Å²) in [7, 11) is 1.33. The van der Waals surface area contributed by atoms with Crippen LogP contribution in [0.4, 0.5) is 8.78 Å². The van der Waals surface area contributed by atoms with Crippen molar-refractivity contribution in [1.29, 1.82) is 0 Å². The summed E-state index contributed by atoms with van der Waals surface area (Å²) in [4.78, 5) is 13.7. The van der Waals surface area contributed by atoms with Crippen LogP contribution in [0.2, 0.25) is 0 Å². The lowest BCUT2D eigenvalue weighted by Gasteiger charge is -2.30. The van der Waals surface area contributed by atoms with E-state index >= 15 is 0 Å². The van der Waals surface area contributed by atoms with E-state index in [4.69, 9.17) is 4.74 Å². The zero-order valence-electron chi connectivity index (χ0n) is 14.5. The standard InChI is InChI=1S/C18H21F2NO3S/c1-18(2,3)15(14-6-5-9-25-14)21-16(22)11-7-8-12(24-17(19)20)13(10-11)23-4/h5-10,15,17H,1-4H3,(H,21,22). The first kappa shape index (κ1) is 19.2. The second-order valence-corrected chi connectivity index (χ2v) is 7.51. The van der Waals surface area contributed by atoms with E-state index < -0.39 is 6.61 Å². The van der Waals surface area contributed by atoms with E-state index in [0.717, 1.165) is 4.88 Å². The molecule has 0 saturated heterocycles. The van der Waals surface area contributed by atoms with Crippen LogP contribution >= 0.6 is 11.3 Å². The van der Waals surface area contributed by atoms with E-state index in [-0.39, 0.29) is 28.9 Å². The van der Waals surface area contributed by atoms with Gasteiger partial charge in [-0.3, -0.25) is 4.79 Å². The van der Waals surface area contributed by atoms with Crippen LogP contribution in [0.5, 0.6) is 11.5 Å². The van der Waals surface area contributed by atoms with Crippen molar-refractivity contribution < 1.29 is 23.0 Å². The zero-order chi connectivity index (χ0) is 18.6. The Morgan fingerprint density at radius 3 is 2.44 bits per heavy atom. The summed E-state index contributed by atoms with van der Waals surface area (Å²) < 4.78 is 34.2. The van der Waals surface area contributed by atoms with Crippen molar-refractivity contribution in [2.24, 2.45) is 5.41 Å². The van der Waals surface area contributed by atoms with E-state index in [0.29, 0.717) is 5.56 Å². The van der Waals surface area contributed by atoms with Gasteiger partial charge in [0.1, 0.15) is 0 Å². The van der Waals surface area contributed by atoms with E-state index in [1.165, 1.54) is 25.3 Å². The van der Waals surface area contributed by atoms with Gasteiger partial charge in [-0.2, -0.15) is 8.78 Å². The minimum atomic E-state index is -2.96. The molecular formula is C18H21F2NO3S. The maximum atomic E-state index is 12.6. The number of carbonyl (C=O) groups is 1. The molecular weight excluding hydrogens is 348 g/mol. The van der Waals surface area contributed by atoms with Crippen LogP contribution in [0.15, 0.2) is 35.7 Å². The fraction of sp³-hybridized carbons (Fsp3) is 0.389. The molecule has 2 aromatic rings. The normalized spacial score (nSPS) is 12.8. The third kappa shape index (κ3) is 4.92. The van der Waals surface area contributed by atoms with Crippen molar-refractivity contribution >= 4 is 17.2 Å². The molecule has 1 aromatic heterocycles. The number of hydrogen-bond acceptors (Lipinski definition) is 4. The van der Waals surface area contributed by atoms with Gasteiger partial charge < -0.3 is 14.8 Å². The first-order valence-corrected chi connectivity index (χ1v) is 8.57. The molecule has 0 bridgehead atoms. The SMILES string of the molecule is COc1cc(C(=O)NC(c2cccs2)C(C)(C)C)ccc1OC(F)F. The van der Waals surface area contributed by atoms with Crippen molar-refractivity contribution in [2.45, 2.75) is 33.4 Å². The molecule has 1 N–H and O–H groups in total. The van der Waals surface area contributed by atoms with Crippen LogP contribution in [0.25, 0.3) is 0 Å². The van der Waals surface area contributed by atoms with Crippen LogP contribution in [-0.4, -0.2) is 19.6 Å². The largest absolute Gasteiger partial charge is 0.493 e. The molecule has 0 saturated carbocycles. The van der Waals surface area contributed by atoms with E-state index in [1.807, 2.05) is 38.3 Å². The number of rotatable bonds is 6. The molecule has 2 rings (SSSR count). The average Bonchev–Trinajstić information content (AvgIpc) is 3.04. The van der Waals surface area contributed by atoms with E-state index in [9.17, 15) is 13.6 Å². The van der Waals surface area contributed by atoms with Gasteiger partial charge in [-0.25, -0.2) is 0 Å². The van der Waals surface area contributed by atoms with Crippen molar-refractivity contribution in [3.8, 4) is 11.5 Å². The second kappa shape index (κ2) is 7.82. The lowest BCUT2D eigenvalue weighted by Crippen LogP contribution is -2.36. The van der Waals surface area contributed by atoms with Crippen LogP contribution in [-0.2, 0) is 0 Å². The van der Waals surface area contributed by atoms with Crippen molar-refractivity contribution in [2.75, 3.05) is 7.11 Å². The number of alkyl halides is 2. The molecule has 0 aliphatic rings. The number of benzene rings is 1. The lowest BCUT2D eigenvalue weighted by atomic mass is 9.85. The third-order valence-electron chi connectivity index (χ3n) is 3.61. The summed E-state index contributed by atoms with van der Waals surface area (Å²) in [6.07, 6.45) is 0. The monoisotopic (exact) mass is 369 g/mol. The molecule has 1 heterocycles. The summed E-state index contributed by atoms with van der Waals surface area (Å²) in [5, 5.41) is 4.97. The molecule has 0 fully saturated rings. The Balaban J connectivity index is 2.24. The fourth-order valence-corrected chi connectivity index (χ4v) is 3.41. The summed E-state index contributed by atoms with van der Waals surface area (Å²) >= 11 is 1.57. The predicted molar refractivity (Wildman–Crippen MR) is 93.6 cm³/mol. The van der Waals surface area contributed by atoms with Gasteiger partial charge in [0.05, 0.1) is 13.2 Å². The summed E-state index contributed by atoms with van der Waals surface area (Å²) in [5.41, 5.74) is 0.118. The van der Waals surface area contributed by atoms with Gasteiger partial charge in [-0.15, -0.1) is 11.3 Å². The molecule has 0 aliphatic carbocycles. The highest BCUT2D eigenvalue weighted by Crippen LogP contribution is 2.36. The highest BCUT2D eigenvalue weighted by atomic mass is 32.1.